The van der Waals surface area contributed by atoms with Crippen molar-refractivity contribution in [2.24, 2.45) is 0 Å². The normalized spacial score (nSPS) is 17.4. The van der Waals surface area contributed by atoms with Crippen molar-refractivity contribution in [1.82, 2.24) is 9.55 Å². The molecule has 1 saturated carbocycles. The Kier molecular flexibility index (Phi) is 4.67. The first kappa shape index (κ1) is 14.4. The maximum absolute atomic E-state index is 12.1. The summed E-state index contributed by atoms with van der Waals surface area (Å²) in [5.41, 5.74) is 0. The number of nitrogens with zero attached hydrogens (tertiary/aromatic N) is 4. The van der Waals surface area contributed by atoms with Crippen LogP contribution >= 0.6 is 0 Å². The van der Waals surface area contributed by atoms with Crippen molar-refractivity contribution in [1.29, 1.82) is 0 Å². The molecule has 1 aliphatic rings. The van der Waals surface area contributed by atoms with Crippen molar-refractivity contribution >= 4 is 12.0 Å². The van der Waals surface area contributed by atoms with E-state index in [-0.39, 0.29) is 30.8 Å². The van der Waals surface area contributed by atoms with Crippen LogP contribution in [0.5, 0.6) is 0 Å². The van der Waals surface area contributed by atoms with E-state index in [2.05, 4.69) is 4.98 Å². The molecule has 2 rings (SSSR count). The Hall–Kier alpha value is -1.96. The topological polar surface area (TPSA) is 107 Å². The van der Waals surface area contributed by atoms with Crippen molar-refractivity contribution in [3.63, 3.8) is 0 Å². The highest BCUT2D eigenvalue weighted by molar-refractivity contribution is 5.71. The second kappa shape index (κ2) is 6.47. The van der Waals surface area contributed by atoms with Gasteiger partial charge in [-0.2, -0.15) is 4.57 Å². The van der Waals surface area contributed by atoms with E-state index in [1.54, 1.807) is 0 Å². The average molecular weight is 282 g/mol. The lowest BCUT2D eigenvalue weighted by Gasteiger charge is -2.20. The minimum atomic E-state index is -0.574. The van der Waals surface area contributed by atoms with Gasteiger partial charge >= 0.3 is 5.82 Å². The van der Waals surface area contributed by atoms with Gasteiger partial charge < -0.3 is 20.4 Å². The molecule has 0 aromatic carbocycles. The molecule has 0 amide bonds. The number of nitro groups is 1. The van der Waals surface area contributed by atoms with Crippen molar-refractivity contribution in [2.45, 2.75) is 44.7 Å². The van der Waals surface area contributed by atoms with Crippen molar-refractivity contribution in [3.8, 4) is 0 Å². The minimum Gasteiger partial charge on any atom is -0.623 e. The zero-order valence-electron chi connectivity index (χ0n) is 11.1. The molecule has 0 radical (unpaired) electrons. The average Bonchev–Trinajstić information content (AvgIpc) is 2.83. The summed E-state index contributed by atoms with van der Waals surface area (Å²) in [6.07, 6.45) is 7.28. The highest BCUT2D eigenvalue weighted by atomic mass is 16.6. The lowest BCUT2D eigenvalue weighted by atomic mass is 9.96. The van der Waals surface area contributed by atoms with E-state index in [4.69, 9.17) is 5.11 Å². The molecule has 0 aliphatic heterocycles. The summed E-state index contributed by atoms with van der Waals surface area (Å²) >= 11 is 0. The molecule has 0 saturated heterocycles. The molecule has 0 spiro atoms. The summed E-state index contributed by atoms with van der Waals surface area (Å²) in [4.78, 5) is 14.2. The first-order chi connectivity index (χ1) is 9.63. The van der Waals surface area contributed by atoms with Crippen LogP contribution in [0, 0.1) is 15.3 Å². The number of aliphatic hydroxyl groups excluding tert-OH is 1. The number of imidazole rings is 1. The molecule has 8 heteroatoms. The molecule has 20 heavy (non-hydrogen) atoms. The molecular weight excluding hydrogens is 264 g/mol. The van der Waals surface area contributed by atoms with Crippen LogP contribution < -0.4 is 0 Å². The van der Waals surface area contributed by atoms with Crippen molar-refractivity contribution in [3.05, 3.63) is 27.3 Å². The van der Waals surface area contributed by atoms with Crippen LogP contribution in [0.3, 0.4) is 0 Å². The van der Waals surface area contributed by atoms with E-state index in [1.165, 1.54) is 10.8 Å². The van der Waals surface area contributed by atoms with Gasteiger partial charge in [0.05, 0.1) is 6.61 Å². The van der Waals surface area contributed by atoms with Crippen LogP contribution in [-0.2, 0) is 6.54 Å². The quantitative estimate of drug-likeness (QED) is 0.285. The third-order valence-electron chi connectivity index (χ3n) is 3.55. The number of aromatic nitrogens is 2. The van der Waals surface area contributed by atoms with Crippen LogP contribution in [0.2, 0.25) is 0 Å². The zero-order valence-corrected chi connectivity index (χ0v) is 11.1. The molecule has 1 aromatic rings. The fourth-order valence-corrected chi connectivity index (χ4v) is 2.51. The van der Waals surface area contributed by atoms with Gasteiger partial charge in [0.15, 0.2) is 6.04 Å². The van der Waals surface area contributed by atoms with Gasteiger partial charge in [-0.05, 0) is 17.8 Å². The van der Waals surface area contributed by atoms with E-state index >= 15 is 0 Å². The molecule has 1 aromatic heterocycles. The van der Waals surface area contributed by atoms with E-state index in [0.717, 1.165) is 43.0 Å². The summed E-state index contributed by atoms with van der Waals surface area (Å²) in [7, 11) is 0. The molecule has 1 fully saturated rings. The Morgan fingerprint density at radius 1 is 1.40 bits per heavy atom. The van der Waals surface area contributed by atoms with Crippen LogP contribution in [0.15, 0.2) is 6.20 Å². The Balaban J connectivity index is 2.25. The zero-order chi connectivity index (χ0) is 14.5. The molecule has 1 aliphatic carbocycles. The second-order valence-electron chi connectivity index (χ2n) is 4.89. The van der Waals surface area contributed by atoms with Gasteiger partial charge in [0.1, 0.15) is 12.7 Å². The number of aliphatic hydroxyl groups is 1. The molecule has 1 heterocycles. The van der Waals surface area contributed by atoms with E-state index < -0.39 is 4.92 Å². The van der Waals surface area contributed by atoms with E-state index in [9.17, 15) is 15.3 Å². The Morgan fingerprint density at radius 2 is 2.10 bits per heavy atom. The molecule has 0 atom stereocenters. The van der Waals surface area contributed by atoms with Gasteiger partial charge in [0.25, 0.3) is 5.82 Å². The van der Waals surface area contributed by atoms with Crippen LogP contribution in [0.1, 0.15) is 37.9 Å². The van der Waals surface area contributed by atoms with Crippen molar-refractivity contribution in [2.75, 3.05) is 6.61 Å². The fraction of sp³-hybridized carbons (Fsp3) is 0.667. The molecule has 8 nitrogen and oxygen atoms in total. The third-order valence-corrected chi connectivity index (χ3v) is 3.55. The number of rotatable bonds is 5. The van der Waals surface area contributed by atoms with Gasteiger partial charge in [0, 0.05) is 12.8 Å². The predicted molar refractivity (Wildman–Crippen MR) is 71.6 cm³/mol. The lowest BCUT2D eigenvalue weighted by Crippen LogP contribution is -2.26. The minimum absolute atomic E-state index is 0.0423. The highest BCUT2D eigenvalue weighted by Crippen LogP contribution is 2.20. The standard InChI is InChI=1S/C12H18N4O4/c17-7-6-14-11(13-8-12(14)16(19)20)9-15(18)10-4-2-1-3-5-10/h8-10,17H,1-7H2/b15-9-. The summed E-state index contributed by atoms with van der Waals surface area (Å²) in [6.45, 7) is -0.207. The van der Waals surface area contributed by atoms with Gasteiger partial charge in [-0.25, -0.2) is 9.72 Å². The predicted octanol–water partition coefficient (Wildman–Crippen LogP) is 1.05. The Labute approximate surface area is 116 Å². The van der Waals surface area contributed by atoms with Crippen molar-refractivity contribution < 1.29 is 14.8 Å². The van der Waals surface area contributed by atoms with E-state index in [0.29, 0.717) is 0 Å². The van der Waals surface area contributed by atoms with Crippen LogP contribution in [-0.4, -0.2) is 43.2 Å². The largest absolute Gasteiger partial charge is 0.623 e. The number of hydroxylamine groups is 1. The second-order valence-corrected chi connectivity index (χ2v) is 4.89. The first-order valence-electron chi connectivity index (χ1n) is 6.74. The maximum atomic E-state index is 12.1. The smallest absolute Gasteiger partial charge is 0.343 e. The molecular formula is C12H18N4O4. The third kappa shape index (κ3) is 3.13. The highest BCUT2D eigenvalue weighted by Gasteiger charge is 2.24. The number of hydrogen-bond donors (Lipinski definition) is 1. The van der Waals surface area contributed by atoms with Gasteiger partial charge in [0.2, 0.25) is 6.21 Å². The summed E-state index contributed by atoms with van der Waals surface area (Å²) in [5, 5.41) is 31.9. The molecule has 0 bridgehead atoms. The monoisotopic (exact) mass is 282 g/mol. The fourth-order valence-electron chi connectivity index (χ4n) is 2.51. The molecule has 0 unspecified atom stereocenters. The SMILES string of the molecule is O=[N+]([O-])c1cnc(/C=[N+](\[O-])C2CCCCC2)n1CCO. The van der Waals surface area contributed by atoms with Crippen LogP contribution in [0.4, 0.5) is 5.82 Å². The van der Waals surface area contributed by atoms with Gasteiger partial charge in [-0.3, -0.25) is 0 Å². The van der Waals surface area contributed by atoms with Gasteiger partial charge in [-0.1, -0.05) is 6.42 Å². The first-order valence-corrected chi connectivity index (χ1v) is 6.74. The number of hydrogen-bond acceptors (Lipinski definition) is 5. The lowest BCUT2D eigenvalue weighted by molar-refractivity contribution is -0.501. The van der Waals surface area contributed by atoms with Gasteiger partial charge in [-0.15, -0.1) is 0 Å². The summed E-state index contributed by atoms with van der Waals surface area (Å²) < 4.78 is 2.09. The van der Waals surface area contributed by atoms with E-state index in [1.807, 2.05) is 0 Å². The summed E-state index contributed by atoms with van der Waals surface area (Å²) in [5.74, 6) is -0.00586. The molecule has 110 valence electrons. The molecule has 1 N–H and O–H groups in total. The Morgan fingerprint density at radius 3 is 2.70 bits per heavy atom. The van der Waals surface area contributed by atoms with Crippen LogP contribution in [0.25, 0.3) is 0 Å². The summed E-state index contributed by atoms with van der Waals surface area (Å²) in [6, 6.07) is -0.0814. The Bertz CT molecular complexity index is 506. The maximum Gasteiger partial charge on any atom is 0.343 e.